The summed E-state index contributed by atoms with van der Waals surface area (Å²) in [6.45, 7) is 1.41. The average molecular weight is 152 g/mol. The van der Waals surface area contributed by atoms with Gasteiger partial charge in [-0.15, -0.1) is 0 Å². The predicted octanol–water partition coefficient (Wildman–Crippen LogP) is 0.114. The van der Waals surface area contributed by atoms with Gasteiger partial charge in [-0.05, 0) is 12.8 Å². The van der Waals surface area contributed by atoms with Crippen molar-refractivity contribution >= 4 is 0 Å². The van der Waals surface area contributed by atoms with Gasteiger partial charge in [0.1, 0.15) is 6.33 Å². The molecule has 2 rings (SSSR count). The zero-order chi connectivity index (χ0) is 7.68. The van der Waals surface area contributed by atoms with E-state index < -0.39 is 0 Å². The van der Waals surface area contributed by atoms with Crippen LogP contribution in [-0.4, -0.2) is 21.3 Å². The van der Waals surface area contributed by atoms with E-state index in [0.29, 0.717) is 12.5 Å². The molecule has 2 N–H and O–H groups in total. The maximum Gasteiger partial charge on any atom is 0.153 e. The number of nitrogens with two attached hydrogens (primary N) is 1. The fraction of sp³-hybridized carbons (Fsp3) is 0.714. The molecule has 1 fully saturated rings. The average Bonchev–Trinajstić information content (AvgIpc) is 2.75. The lowest BCUT2D eigenvalue weighted by molar-refractivity contribution is 0.615. The largest absolute Gasteiger partial charge is 0.329 e. The van der Waals surface area contributed by atoms with Gasteiger partial charge in [0.25, 0.3) is 0 Å². The molecule has 0 unspecified atom stereocenters. The summed E-state index contributed by atoms with van der Waals surface area (Å²) >= 11 is 0. The van der Waals surface area contributed by atoms with Crippen molar-refractivity contribution in [3.8, 4) is 0 Å². The number of hydrogen-bond acceptors (Lipinski definition) is 3. The van der Waals surface area contributed by atoms with Gasteiger partial charge in [0.15, 0.2) is 5.82 Å². The van der Waals surface area contributed by atoms with Crippen LogP contribution in [-0.2, 0) is 6.54 Å². The molecule has 1 aliphatic carbocycles. The smallest absolute Gasteiger partial charge is 0.153 e. The highest BCUT2D eigenvalue weighted by Gasteiger charge is 2.27. The van der Waals surface area contributed by atoms with Crippen LogP contribution in [0, 0.1) is 0 Å². The molecule has 0 spiro atoms. The first kappa shape index (κ1) is 6.79. The second-order valence-electron chi connectivity index (χ2n) is 2.93. The molecule has 0 aliphatic heterocycles. The van der Waals surface area contributed by atoms with E-state index in [9.17, 15) is 0 Å². The summed E-state index contributed by atoms with van der Waals surface area (Å²) in [5.74, 6) is 1.65. The van der Waals surface area contributed by atoms with Gasteiger partial charge in [-0.1, -0.05) is 0 Å². The molecule has 11 heavy (non-hydrogen) atoms. The Bertz CT molecular complexity index is 238. The predicted molar refractivity (Wildman–Crippen MR) is 41.1 cm³/mol. The Morgan fingerprint density at radius 2 is 2.45 bits per heavy atom. The number of nitrogens with zero attached hydrogens (tertiary/aromatic N) is 3. The van der Waals surface area contributed by atoms with Gasteiger partial charge in [0.05, 0.1) is 6.54 Å². The summed E-state index contributed by atoms with van der Waals surface area (Å²) in [5.41, 5.74) is 5.37. The molecule has 4 heteroatoms. The third kappa shape index (κ3) is 1.40. The third-order valence-electron chi connectivity index (χ3n) is 1.85. The lowest BCUT2D eigenvalue weighted by Crippen LogP contribution is -2.10. The minimum atomic E-state index is 0.632. The molecule has 1 aromatic heterocycles. The monoisotopic (exact) mass is 152 g/mol. The van der Waals surface area contributed by atoms with Crippen molar-refractivity contribution in [2.75, 3.05) is 6.54 Å². The molecule has 0 atom stereocenters. The van der Waals surface area contributed by atoms with Crippen molar-refractivity contribution in [2.24, 2.45) is 5.73 Å². The van der Waals surface area contributed by atoms with E-state index in [4.69, 9.17) is 5.73 Å². The van der Waals surface area contributed by atoms with E-state index in [1.165, 1.54) is 12.8 Å². The maximum atomic E-state index is 5.37. The zero-order valence-corrected chi connectivity index (χ0v) is 6.40. The second kappa shape index (κ2) is 2.62. The Labute approximate surface area is 65.4 Å². The van der Waals surface area contributed by atoms with Crippen molar-refractivity contribution in [1.29, 1.82) is 0 Å². The van der Waals surface area contributed by atoms with Crippen molar-refractivity contribution in [2.45, 2.75) is 25.3 Å². The minimum Gasteiger partial charge on any atom is -0.329 e. The Kier molecular flexibility index (Phi) is 1.62. The molecule has 0 amide bonds. The molecule has 1 aliphatic rings. The highest BCUT2D eigenvalue weighted by Crippen LogP contribution is 2.37. The molecule has 0 aromatic carbocycles. The topological polar surface area (TPSA) is 56.7 Å². The molecule has 0 saturated heterocycles. The second-order valence-corrected chi connectivity index (χ2v) is 2.93. The van der Waals surface area contributed by atoms with Gasteiger partial charge in [-0.25, -0.2) is 4.98 Å². The molecule has 0 bridgehead atoms. The summed E-state index contributed by atoms with van der Waals surface area (Å²) in [7, 11) is 0. The number of aromatic nitrogens is 3. The van der Waals surface area contributed by atoms with Crippen LogP contribution >= 0.6 is 0 Å². The highest BCUT2D eigenvalue weighted by molar-refractivity contribution is 5.02. The van der Waals surface area contributed by atoms with Crippen LogP contribution < -0.4 is 5.73 Å². The van der Waals surface area contributed by atoms with E-state index in [-0.39, 0.29) is 0 Å². The first-order valence-corrected chi connectivity index (χ1v) is 3.99. The van der Waals surface area contributed by atoms with Crippen molar-refractivity contribution in [1.82, 2.24) is 14.8 Å². The van der Waals surface area contributed by atoms with Crippen LogP contribution in [0.3, 0.4) is 0 Å². The van der Waals surface area contributed by atoms with E-state index in [2.05, 4.69) is 10.1 Å². The summed E-state index contributed by atoms with van der Waals surface area (Å²) in [6.07, 6.45) is 4.28. The summed E-state index contributed by atoms with van der Waals surface area (Å²) in [5, 5.41) is 4.29. The maximum absolute atomic E-state index is 5.37. The van der Waals surface area contributed by atoms with Crippen LogP contribution in [0.4, 0.5) is 0 Å². The Hall–Kier alpha value is -0.900. The van der Waals surface area contributed by atoms with Gasteiger partial charge in [0.2, 0.25) is 0 Å². The first-order chi connectivity index (χ1) is 5.40. The van der Waals surface area contributed by atoms with Crippen LogP contribution in [0.5, 0.6) is 0 Å². The fourth-order valence-corrected chi connectivity index (χ4v) is 1.08. The van der Waals surface area contributed by atoms with Gasteiger partial charge in [0, 0.05) is 12.5 Å². The first-order valence-electron chi connectivity index (χ1n) is 3.99. The van der Waals surface area contributed by atoms with Crippen LogP contribution in [0.1, 0.15) is 24.6 Å². The third-order valence-corrected chi connectivity index (χ3v) is 1.85. The molecule has 4 nitrogen and oxygen atoms in total. The molecule has 0 radical (unpaired) electrons. The normalized spacial score (nSPS) is 17.2. The summed E-state index contributed by atoms with van der Waals surface area (Å²) in [4.78, 5) is 4.19. The van der Waals surface area contributed by atoms with Crippen LogP contribution in [0.25, 0.3) is 0 Å². The highest BCUT2D eigenvalue weighted by atomic mass is 15.3. The zero-order valence-electron chi connectivity index (χ0n) is 6.40. The van der Waals surface area contributed by atoms with Crippen LogP contribution in [0.2, 0.25) is 0 Å². The van der Waals surface area contributed by atoms with Crippen molar-refractivity contribution < 1.29 is 0 Å². The molecular weight excluding hydrogens is 140 g/mol. The Morgan fingerprint density at radius 3 is 3.09 bits per heavy atom. The van der Waals surface area contributed by atoms with Crippen LogP contribution in [0.15, 0.2) is 6.33 Å². The SMILES string of the molecule is NCCn1cnc(C2CC2)n1. The minimum absolute atomic E-state index is 0.632. The number of hydrogen-bond donors (Lipinski definition) is 1. The Morgan fingerprint density at radius 1 is 1.64 bits per heavy atom. The standard InChI is InChI=1S/C7H12N4/c8-3-4-11-5-9-7(10-11)6-1-2-6/h5-6H,1-4,8H2. The molecule has 1 aromatic rings. The lowest BCUT2D eigenvalue weighted by Gasteiger charge is -1.93. The fourth-order valence-electron chi connectivity index (χ4n) is 1.08. The lowest BCUT2D eigenvalue weighted by atomic mass is 10.4. The van der Waals surface area contributed by atoms with E-state index in [1.54, 1.807) is 6.33 Å². The molecule has 1 saturated carbocycles. The van der Waals surface area contributed by atoms with Gasteiger partial charge < -0.3 is 5.73 Å². The van der Waals surface area contributed by atoms with E-state index in [1.807, 2.05) is 4.68 Å². The number of rotatable bonds is 3. The molecule has 60 valence electrons. The van der Waals surface area contributed by atoms with Crippen molar-refractivity contribution in [3.63, 3.8) is 0 Å². The Balaban J connectivity index is 2.06. The van der Waals surface area contributed by atoms with Gasteiger partial charge in [-0.2, -0.15) is 5.10 Å². The van der Waals surface area contributed by atoms with Gasteiger partial charge in [-0.3, -0.25) is 4.68 Å². The van der Waals surface area contributed by atoms with Gasteiger partial charge >= 0.3 is 0 Å². The summed E-state index contributed by atoms with van der Waals surface area (Å²) in [6, 6.07) is 0. The quantitative estimate of drug-likeness (QED) is 0.669. The molecule has 1 heterocycles. The van der Waals surface area contributed by atoms with Crippen molar-refractivity contribution in [3.05, 3.63) is 12.2 Å². The van der Waals surface area contributed by atoms with E-state index in [0.717, 1.165) is 12.4 Å². The molecular formula is C7H12N4. The van der Waals surface area contributed by atoms with E-state index >= 15 is 0 Å². The summed E-state index contributed by atoms with van der Waals surface area (Å²) < 4.78 is 1.81.